The monoisotopic (exact) mass is 579 g/mol. The zero-order chi connectivity index (χ0) is 29.5. The van der Waals surface area contributed by atoms with Crippen molar-refractivity contribution < 1.29 is 45.5 Å². The van der Waals surface area contributed by atoms with Gasteiger partial charge in [-0.2, -0.15) is 18.2 Å². The van der Waals surface area contributed by atoms with E-state index in [2.05, 4.69) is 20.0 Å². The van der Waals surface area contributed by atoms with Crippen molar-refractivity contribution in [3.8, 4) is 11.3 Å². The highest BCUT2D eigenvalue weighted by Crippen LogP contribution is 2.39. The molecule has 0 bridgehead atoms. The van der Waals surface area contributed by atoms with Gasteiger partial charge in [0.2, 0.25) is 5.95 Å². The van der Waals surface area contributed by atoms with E-state index < -0.39 is 53.2 Å². The first-order valence-corrected chi connectivity index (χ1v) is 12.2. The summed E-state index contributed by atoms with van der Waals surface area (Å²) in [5, 5.41) is 2.53. The predicted molar refractivity (Wildman–Crippen MR) is 130 cm³/mol. The number of nitrogens with one attached hydrogen (secondary N) is 1. The fraction of sp³-hybridized carbons (Fsp3) is 0.269. The normalized spacial score (nSPS) is 15.8. The lowest BCUT2D eigenvalue weighted by atomic mass is 9.97. The number of ether oxygens (including phenoxy) is 1. The average molecular weight is 579 g/mol. The molecule has 41 heavy (non-hydrogen) atoms. The van der Waals surface area contributed by atoms with Crippen LogP contribution in [0.1, 0.15) is 18.4 Å². The summed E-state index contributed by atoms with van der Waals surface area (Å²) >= 11 is 0. The number of halogens is 6. The summed E-state index contributed by atoms with van der Waals surface area (Å²) in [6.07, 6.45) is -5.37. The van der Waals surface area contributed by atoms with Gasteiger partial charge in [-0.1, -0.05) is 6.07 Å². The molecule has 1 fully saturated rings. The smallest absolute Gasteiger partial charge is 0.386 e. The van der Waals surface area contributed by atoms with Crippen LogP contribution in [0.5, 0.6) is 0 Å². The number of carbonyl (C=O) groups is 3. The fourth-order valence-electron chi connectivity index (χ4n) is 4.59. The van der Waals surface area contributed by atoms with Crippen molar-refractivity contribution in [1.29, 1.82) is 0 Å². The van der Waals surface area contributed by atoms with Crippen molar-refractivity contribution in [2.24, 2.45) is 5.92 Å². The summed E-state index contributed by atoms with van der Waals surface area (Å²) in [7, 11) is 0. The van der Waals surface area contributed by atoms with Gasteiger partial charge in [-0.25, -0.2) is 32.6 Å². The Balaban J connectivity index is 1.52. The molecule has 5 rings (SSSR count). The minimum atomic E-state index is -5.32. The Morgan fingerprint density at radius 2 is 1.59 bits per heavy atom. The van der Waals surface area contributed by atoms with Gasteiger partial charge >= 0.3 is 24.1 Å². The Hall–Kier alpha value is -4.69. The second kappa shape index (κ2) is 10.7. The highest BCUT2D eigenvalue weighted by atomic mass is 19.4. The first-order valence-electron chi connectivity index (χ1n) is 12.2. The highest BCUT2D eigenvalue weighted by molar-refractivity contribution is 6.02. The number of rotatable bonds is 4. The summed E-state index contributed by atoms with van der Waals surface area (Å²) < 4.78 is 84.7. The molecule has 0 saturated carbocycles. The molecule has 0 aliphatic carbocycles. The molecule has 214 valence electrons. The third-order valence-electron chi connectivity index (χ3n) is 6.62. The van der Waals surface area contributed by atoms with Crippen molar-refractivity contribution in [1.82, 2.24) is 15.3 Å². The summed E-state index contributed by atoms with van der Waals surface area (Å²) in [4.78, 5) is 47.4. The largest absolute Gasteiger partial charge is 0.491 e. The molecule has 0 radical (unpaired) electrons. The van der Waals surface area contributed by atoms with E-state index in [-0.39, 0.29) is 55.5 Å². The van der Waals surface area contributed by atoms with Crippen LogP contribution in [0.15, 0.2) is 42.5 Å². The van der Waals surface area contributed by atoms with Gasteiger partial charge in [0.1, 0.15) is 23.1 Å². The van der Waals surface area contributed by atoms with Crippen LogP contribution in [0.2, 0.25) is 0 Å². The Bertz CT molecular complexity index is 1500. The number of alkyl halides is 3. The van der Waals surface area contributed by atoms with E-state index >= 15 is 0 Å². The lowest BCUT2D eigenvalue weighted by Gasteiger charge is -2.34. The van der Waals surface area contributed by atoms with E-state index in [1.165, 1.54) is 24.3 Å². The minimum absolute atomic E-state index is 0.0160. The minimum Gasteiger partial charge on any atom is -0.386 e. The molecule has 15 heteroatoms. The van der Waals surface area contributed by atoms with E-state index in [4.69, 9.17) is 0 Å². The summed E-state index contributed by atoms with van der Waals surface area (Å²) in [6, 6.07) is 7.40. The van der Waals surface area contributed by atoms with Gasteiger partial charge in [0.25, 0.3) is 0 Å². The topological polar surface area (TPSA) is 105 Å². The van der Waals surface area contributed by atoms with Gasteiger partial charge in [-0.15, -0.1) is 0 Å². The molecule has 2 amide bonds. The predicted octanol–water partition coefficient (Wildman–Crippen LogP) is 4.77. The number of anilines is 3. The van der Waals surface area contributed by atoms with Crippen LogP contribution in [0.25, 0.3) is 11.3 Å². The van der Waals surface area contributed by atoms with Gasteiger partial charge in [-0.3, -0.25) is 4.79 Å². The van der Waals surface area contributed by atoms with E-state index in [0.717, 1.165) is 23.1 Å². The molecule has 1 N–H and O–H groups in total. The van der Waals surface area contributed by atoms with Crippen molar-refractivity contribution in [2.45, 2.75) is 25.6 Å². The molecule has 0 atom stereocenters. The van der Waals surface area contributed by atoms with Crippen LogP contribution in [0, 0.1) is 23.4 Å². The van der Waals surface area contributed by atoms with E-state index in [9.17, 15) is 40.7 Å². The number of piperidine rings is 1. The van der Waals surface area contributed by atoms with Crippen LogP contribution < -0.4 is 15.1 Å². The second-order valence-corrected chi connectivity index (χ2v) is 9.21. The molecule has 9 nitrogen and oxygen atoms in total. The number of esters is 2. The lowest BCUT2D eigenvalue weighted by Crippen LogP contribution is -2.44. The molecule has 0 unspecified atom stereocenters. The molecule has 2 aromatic carbocycles. The fourth-order valence-corrected chi connectivity index (χ4v) is 4.59. The Labute approximate surface area is 227 Å². The highest BCUT2D eigenvalue weighted by Gasteiger charge is 2.44. The molecule has 0 spiro atoms. The first kappa shape index (κ1) is 27.9. The second-order valence-electron chi connectivity index (χ2n) is 9.21. The van der Waals surface area contributed by atoms with Crippen LogP contribution in [-0.4, -0.2) is 47.2 Å². The van der Waals surface area contributed by atoms with Gasteiger partial charge in [-0.05, 0) is 49.2 Å². The van der Waals surface area contributed by atoms with Gasteiger partial charge in [0.15, 0.2) is 5.82 Å². The first-order chi connectivity index (χ1) is 19.4. The number of hydrogen-bond acceptors (Lipinski definition) is 7. The van der Waals surface area contributed by atoms with Crippen molar-refractivity contribution in [2.75, 3.05) is 22.9 Å². The Morgan fingerprint density at radius 1 is 0.951 bits per heavy atom. The van der Waals surface area contributed by atoms with Crippen molar-refractivity contribution in [3.05, 3.63) is 65.5 Å². The Kier molecular flexibility index (Phi) is 7.28. The standard InChI is InChI=1S/C26H19F6N5O4/c27-15-6-4-13(5-7-15)19-16-12-33-25(40)37(20-17(28)2-1-3-18(20)29)21(16)35-24(34-19)36-10-8-14(9-11-36)22(38)41-23(39)26(30,31)32/h1-7,14H,8-12H2,(H,33,40). The van der Waals surface area contributed by atoms with Crippen molar-refractivity contribution in [3.63, 3.8) is 0 Å². The van der Waals surface area contributed by atoms with Crippen LogP contribution in [-0.2, 0) is 20.9 Å². The van der Waals surface area contributed by atoms with Crippen LogP contribution in [0.4, 0.5) is 48.6 Å². The number of urea groups is 1. The van der Waals surface area contributed by atoms with E-state index in [1.807, 2.05) is 0 Å². The van der Waals surface area contributed by atoms with Gasteiger partial charge in [0, 0.05) is 24.2 Å². The number of hydrogen-bond donors (Lipinski definition) is 1. The van der Waals surface area contributed by atoms with Gasteiger partial charge in [0.05, 0.1) is 18.2 Å². The molecule has 3 heterocycles. The number of para-hydroxylation sites is 1. The maximum atomic E-state index is 14.8. The van der Waals surface area contributed by atoms with Crippen LogP contribution in [0.3, 0.4) is 0 Å². The number of amides is 2. The molecule has 3 aromatic rings. The Morgan fingerprint density at radius 3 is 2.20 bits per heavy atom. The van der Waals surface area contributed by atoms with E-state index in [0.29, 0.717) is 5.56 Å². The number of benzene rings is 2. The van der Waals surface area contributed by atoms with Crippen LogP contribution >= 0.6 is 0 Å². The third kappa shape index (κ3) is 5.51. The maximum absolute atomic E-state index is 14.8. The summed E-state index contributed by atoms with van der Waals surface area (Å²) in [5.74, 6) is -7.70. The zero-order valence-corrected chi connectivity index (χ0v) is 20.8. The SMILES string of the molecule is O=C(OC(=O)C(F)(F)F)C1CCN(c2nc(-c3ccc(F)cc3)c3c(n2)N(c2c(F)cccc2F)C(=O)NC3)CC1. The zero-order valence-electron chi connectivity index (χ0n) is 20.8. The average Bonchev–Trinajstić information content (AvgIpc) is 2.93. The number of aromatic nitrogens is 2. The lowest BCUT2D eigenvalue weighted by molar-refractivity contribution is -0.203. The van der Waals surface area contributed by atoms with Crippen molar-refractivity contribution >= 4 is 35.4 Å². The number of fused-ring (bicyclic) bond motifs is 1. The number of nitrogens with zero attached hydrogens (tertiary/aromatic N) is 4. The molecule has 2 aliphatic rings. The molecule has 1 aromatic heterocycles. The summed E-state index contributed by atoms with van der Waals surface area (Å²) in [6.45, 7) is -0.0569. The molecule has 2 aliphatic heterocycles. The van der Waals surface area contributed by atoms with E-state index in [1.54, 1.807) is 4.90 Å². The molecular weight excluding hydrogens is 560 g/mol. The molecular formula is C26H19F6N5O4. The molecule has 1 saturated heterocycles. The van der Waals surface area contributed by atoms with Gasteiger partial charge < -0.3 is 15.0 Å². The summed E-state index contributed by atoms with van der Waals surface area (Å²) in [5.41, 5.74) is 0.229. The number of carbonyl (C=O) groups excluding carboxylic acids is 3. The maximum Gasteiger partial charge on any atom is 0.491 e. The third-order valence-corrected chi connectivity index (χ3v) is 6.62. The quantitative estimate of drug-likeness (QED) is 0.270.